The van der Waals surface area contributed by atoms with Crippen molar-refractivity contribution in [2.24, 2.45) is 0 Å². The summed E-state index contributed by atoms with van der Waals surface area (Å²) in [5.41, 5.74) is 4.09. The number of nitrogens with zero attached hydrogens (tertiary/aromatic N) is 1. The van der Waals surface area contributed by atoms with Gasteiger partial charge in [0, 0.05) is 18.7 Å². The number of fused-ring (bicyclic) bond motifs is 1. The van der Waals surface area contributed by atoms with Crippen molar-refractivity contribution in [3.63, 3.8) is 0 Å². The summed E-state index contributed by atoms with van der Waals surface area (Å²) in [6.07, 6.45) is 3.51. The SMILES string of the molecule is CCc1cccc(C)c1NC(=O)CCCCCN1C(=O)c2ccccc2C1=O. The fourth-order valence-corrected chi connectivity index (χ4v) is 3.58. The highest BCUT2D eigenvalue weighted by molar-refractivity contribution is 6.21. The normalized spacial score (nSPS) is 13.0. The molecule has 0 aromatic heterocycles. The van der Waals surface area contributed by atoms with Crippen LogP contribution in [0.25, 0.3) is 0 Å². The Morgan fingerprint density at radius 1 is 0.929 bits per heavy atom. The molecule has 0 saturated carbocycles. The summed E-state index contributed by atoms with van der Waals surface area (Å²) in [7, 11) is 0. The number of amides is 3. The van der Waals surface area contributed by atoms with Gasteiger partial charge in [0.2, 0.25) is 5.91 Å². The maximum atomic E-state index is 12.3. The molecule has 1 heterocycles. The van der Waals surface area contributed by atoms with Crippen molar-refractivity contribution in [1.29, 1.82) is 0 Å². The number of hydrogen-bond acceptors (Lipinski definition) is 3. The van der Waals surface area contributed by atoms with Crippen molar-refractivity contribution in [3.05, 3.63) is 64.7 Å². The molecule has 146 valence electrons. The monoisotopic (exact) mass is 378 g/mol. The number of rotatable bonds is 8. The fraction of sp³-hybridized carbons (Fsp3) is 0.348. The van der Waals surface area contributed by atoms with Crippen molar-refractivity contribution >= 4 is 23.4 Å². The predicted octanol–water partition coefficient (Wildman–Crippen LogP) is 4.35. The Bertz CT molecular complexity index is 869. The van der Waals surface area contributed by atoms with Crippen molar-refractivity contribution in [2.45, 2.75) is 46.0 Å². The lowest BCUT2D eigenvalue weighted by atomic mass is 10.1. The number of carbonyl (C=O) groups excluding carboxylic acids is 3. The van der Waals surface area contributed by atoms with Gasteiger partial charge in [0.15, 0.2) is 0 Å². The Morgan fingerprint density at radius 3 is 2.25 bits per heavy atom. The summed E-state index contributed by atoms with van der Waals surface area (Å²) in [5, 5.41) is 3.03. The minimum absolute atomic E-state index is 0.00438. The molecule has 3 amide bonds. The van der Waals surface area contributed by atoms with Crippen molar-refractivity contribution < 1.29 is 14.4 Å². The standard InChI is InChI=1S/C23H26N2O3/c1-3-17-11-9-10-16(2)21(17)24-20(26)14-5-4-8-15-25-22(27)18-12-6-7-13-19(18)23(25)28/h6-7,9-13H,3-5,8,14-15H2,1-2H3,(H,24,26). The largest absolute Gasteiger partial charge is 0.326 e. The molecule has 2 aromatic rings. The minimum atomic E-state index is -0.218. The number of anilines is 1. The van der Waals surface area contributed by atoms with Crippen LogP contribution in [0.15, 0.2) is 42.5 Å². The number of unbranched alkanes of at least 4 members (excludes halogenated alkanes) is 2. The third kappa shape index (κ3) is 4.14. The molecule has 2 aromatic carbocycles. The van der Waals surface area contributed by atoms with E-state index >= 15 is 0 Å². The number of hydrogen-bond donors (Lipinski definition) is 1. The van der Waals surface area contributed by atoms with Crippen LogP contribution in [0.3, 0.4) is 0 Å². The van der Waals surface area contributed by atoms with Gasteiger partial charge in [-0.05, 0) is 49.4 Å². The first-order valence-electron chi connectivity index (χ1n) is 9.86. The van der Waals surface area contributed by atoms with Gasteiger partial charge in [0.05, 0.1) is 11.1 Å². The molecule has 1 aliphatic rings. The molecule has 0 atom stereocenters. The number of aryl methyl sites for hydroxylation is 2. The van der Waals surface area contributed by atoms with Crippen LogP contribution in [0.2, 0.25) is 0 Å². The van der Waals surface area contributed by atoms with Gasteiger partial charge in [-0.2, -0.15) is 0 Å². The highest BCUT2D eigenvalue weighted by Crippen LogP contribution is 2.23. The van der Waals surface area contributed by atoms with Gasteiger partial charge in [0.25, 0.3) is 11.8 Å². The molecule has 28 heavy (non-hydrogen) atoms. The third-order valence-corrected chi connectivity index (χ3v) is 5.17. The van der Waals surface area contributed by atoms with Gasteiger partial charge in [-0.15, -0.1) is 0 Å². The molecule has 1 N–H and O–H groups in total. The van der Waals surface area contributed by atoms with E-state index in [4.69, 9.17) is 0 Å². The Kier molecular flexibility index (Phi) is 6.24. The molecule has 0 unspecified atom stereocenters. The Hall–Kier alpha value is -2.95. The summed E-state index contributed by atoms with van der Waals surface area (Å²) < 4.78 is 0. The summed E-state index contributed by atoms with van der Waals surface area (Å²) in [6, 6.07) is 13.0. The second kappa shape index (κ2) is 8.83. The average Bonchev–Trinajstić information content (AvgIpc) is 2.94. The van der Waals surface area contributed by atoms with E-state index in [1.165, 1.54) is 4.90 Å². The summed E-state index contributed by atoms with van der Waals surface area (Å²) >= 11 is 0. The van der Waals surface area contributed by atoms with E-state index in [-0.39, 0.29) is 17.7 Å². The first-order chi connectivity index (χ1) is 13.5. The molecule has 0 bridgehead atoms. The topological polar surface area (TPSA) is 66.5 Å². The number of benzene rings is 2. The third-order valence-electron chi connectivity index (χ3n) is 5.17. The zero-order valence-electron chi connectivity index (χ0n) is 16.5. The summed E-state index contributed by atoms with van der Waals surface area (Å²) in [5.74, 6) is -0.431. The highest BCUT2D eigenvalue weighted by Gasteiger charge is 2.34. The molecule has 1 aliphatic heterocycles. The molecule has 0 aliphatic carbocycles. The zero-order chi connectivity index (χ0) is 20.1. The van der Waals surface area contributed by atoms with Crippen LogP contribution in [-0.2, 0) is 11.2 Å². The fourth-order valence-electron chi connectivity index (χ4n) is 3.58. The van der Waals surface area contributed by atoms with Crippen LogP contribution in [0, 0.1) is 6.92 Å². The van der Waals surface area contributed by atoms with Gasteiger partial charge in [-0.3, -0.25) is 19.3 Å². The molecular formula is C23H26N2O3. The number of para-hydroxylation sites is 1. The smallest absolute Gasteiger partial charge is 0.261 e. The van der Waals surface area contributed by atoms with E-state index in [9.17, 15) is 14.4 Å². The lowest BCUT2D eigenvalue weighted by Crippen LogP contribution is -2.30. The molecule has 3 rings (SSSR count). The van der Waals surface area contributed by atoms with Gasteiger partial charge in [-0.25, -0.2) is 0 Å². The molecular weight excluding hydrogens is 352 g/mol. The Balaban J connectivity index is 1.43. The Labute approximate surface area is 165 Å². The first kappa shape index (κ1) is 19.8. The molecule has 0 fully saturated rings. The predicted molar refractivity (Wildman–Crippen MR) is 109 cm³/mol. The summed E-state index contributed by atoms with van der Waals surface area (Å²) in [6.45, 7) is 4.46. The van der Waals surface area contributed by atoms with Crippen LogP contribution in [0.5, 0.6) is 0 Å². The van der Waals surface area contributed by atoms with Crippen molar-refractivity contribution in [3.8, 4) is 0 Å². The molecule has 0 saturated heterocycles. The van der Waals surface area contributed by atoms with Crippen molar-refractivity contribution in [2.75, 3.05) is 11.9 Å². The van der Waals surface area contributed by atoms with E-state index in [1.54, 1.807) is 24.3 Å². The molecule has 5 heteroatoms. The van der Waals surface area contributed by atoms with Crippen LogP contribution < -0.4 is 5.32 Å². The first-order valence-corrected chi connectivity index (χ1v) is 9.86. The van der Waals surface area contributed by atoms with E-state index in [1.807, 2.05) is 25.1 Å². The van der Waals surface area contributed by atoms with E-state index in [2.05, 4.69) is 12.2 Å². The zero-order valence-corrected chi connectivity index (χ0v) is 16.5. The maximum Gasteiger partial charge on any atom is 0.261 e. The molecule has 0 radical (unpaired) electrons. The van der Waals surface area contributed by atoms with Gasteiger partial charge in [-0.1, -0.05) is 43.7 Å². The minimum Gasteiger partial charge on any atom is -0.326 e. The van der Waals surface area contributed by atoms with Crippen LogP contribution in [-0.4, -0.2) is 29.2 Å². The van der Waals surface area contributed by atoms with E-state index in [0.717, 1.165) is 36.1 Å². The number of nitrogens with one attached hydrogen (secondary N) is 1. The second-order valence-electron chi connectivity index (χ2n) is 7.13. The summed E-state index contributed by atoms with van der Waals surface area (Å²) in [4.78, 5) is 38.2. The van der Waals surface area contributed by atoms with Crippen LogP contribution in [0.1, 0.15) is 64.4 Å². The van der Waals surface area contributed by atoms with Gasteiger partial charge in [0.1, 0.15) is 0 Å². The molecule has 5 nitrogen and oxygen atoms in total. The second-order valence-corrected chi connectivity index (χ2v) is 7.13. The van der Waals surface area contributed by atoms with Gasteiger partial charge >= 0.3 is 0 Å². The van der Waals surface area contributed by atoms with E-state index < -0.39 is 0 Å². The average molecular weight is 378 g/mol. The molecule has 0 spiro atoms. The lowest BCUT2D eigenvalue weighted by molar-refractivity contribution is -0.116. The van der Waals surface area contributed by atoms with Crippen LogP contribution in [0.4, 0.5) is 5.69 Å². The maximum absolute atomic E-state index is 12.3. The lowest BCUT2D eigenvalue weighted by Gasteiger charge is -2.14. The van der Waals surface area contributed by atoms with Crippen molar-refractivity contribution in [1.82, 2.24) is 4.90 Å². The Morgan fingerprint density at radius 2 is 1.61 bits per heavy atom. The van der Waals surface area contributed by atoms with E-state index in [0.29, 0.717) is 30.5 Å². The quantitative estimate of drug-likeness (QED) is 0.548. The number of carbonyl (C=O) groups is 3. The number of imide groups is 1. The highest BCUT2D eigenvalue weighted by atomic mass is 16.2. The van der Waals surface area contributed by atoms with Crippen LogP contribution >= 0.6 is 0 Å². The van der Waals surface area contributed by atoms with Gasteiger partial charge < -0.3 is 5.32 Å².